The Morgan fingerprint density at radius 1 is 1.37 bits per heavy atom. The average molecular weight is 265 g/mol. The van der Waals surface area contributed by atoms with Gasteiger partial charge in [-0.05, 0) is 42.4 Å². The molecule has 0 spiro atoms. The second kappa shape index (κ2) is 5.12. The molecule has 3 heteroatoms. The van der Waals surface area contributed by atoms with Crippen LogP contribution in [0.4, 0.5) is 10.1 Å². The van der Waals surface area contributed by atoms with Crippen molar-refractivity contribution in [2.24, 2.45) is 11.3 Å². The normalized spacial score (nSPS) is 21.8. The first kappa shape index (κ1) is 14.3. The predicted molar refractivity (Wildman–Crippen MR) is 76.8 cm³/mol. The summed E-state index contributed by atoms with van der Waals surface area (Å²) < 4.78 is 14.1. The Labute approximate surface area is 115 Å². The lowest BCUT2D eigenvalue weighted by atomic mass is 9.80. The van der Waals surface area contributed by atoms with E-state index < -0.39 is 6.10 Å². The third-order valence-electron chi connectivity index (χ3n) is 4.21. The molecular weight excluding hydrogens is 241 g/mol. The first-order valence-corrected chi connectivity index (χ1v) is 7.01. The molecule has 0 radical (unpaired) electrons. The minimum atomic E-state index is -0.621. The summed E-state index contributed by atoms with van der Waals surface area (Å²) in [5, 5.41) is 9.47. The van der Waals surface area contributed by atoms with Gasteiger partial charge in [0.25, 0.3) is 0 Å². The smallest absolute Gasteiger partial charge is 0.146 e. The molecule has 1 aliphatic rings. The van der Waals surface area contributed by atoms with Gasteiger partial charge in [0.2, 0.25) is 0 Å². The van der Waals surface area contributed by atoms with Crippen molar-refractivity contribution in [3.8, 4) is 0 Å². The van der Waals surface area contributed by atoms with E-state index in [1.54, 1.807) is 13.0 Å². The molecule has 1 aromatic rings. The van der Waals surface area contributed by atoms with Gasteiger partial charge < -0.3 is 10.0 Å². The van der Waals surface area contributed by atoms with Gasteiger partial charge in [0, 0.05) is 13.1 Å². The monoisotopic (exact) mass is 265 g/mol. The van der Waals surface area contributed by atoms with Crippen molar-refractivity contribution in [1.29, 1.82) is 0 Å². The van der Waals surface area contributed by atoms with Crippen LogP contribution >= 0.6 is 0 Å². The summed E-state index contributed by atoms with van der Waals surface area (Å²) in [6.07, 6.45) is 0.491. The molecule has 0 aliphatic carbocycles. The molecular formula is C16H24FNO. The quantitative estimate of drug-likeness (QED) is 0.880. The molecule has 1 N–H and O–H groups in total. The van der Waals surface area contributed by atoms with E-state index in [0.717, 1.165) is 19.5 Å². The zero-order valence-corrected chi connectivity index (χ0v) is 12.3. The van der Waals surface area contributed by atoms with E-state index in [9.17, 15) is 9.50 Å². The standard InChI is InChI=1S/C16H24FNO/c1-11(19)12-5-6-15(14(17)9-12)18-8-7-13(10-18)16(2,3)4/h5-6,9,11,13,19H,7-8,10H2,1-4H3/t11-,13?/m1/s1. The highest BCUT2D eigenvalue weighted by Crippen LogP contribution is 2.36. The number of hydrogen-bond acceptors (Lipinski definition) is 2. The molecule has 19 heavy (non-hydrogen) atoms. The lowest BCUT2D eigenvalue weighted by molar-refractivity contribution is 0.199. The van der Waals surface area contributed by atoms with Crippen LogP contribution in [0.3, 0.4) is 0 Å². The van der Waals surface area contributed by atoms with Gasteiger partial charge in [-0.2, -0.15) is 0 Å². The van der Waals surface area contributed by atoms with Crippen molar-refractivity contribution >= 4 is 5.69 Å². The van der Waals surface area contributed by atoms with Crippen LogP contribution in [-0.4, -0.2) is 18.2 Å². The molecule has 0 bridgehead atoms. The molecule has 1 unspecified atom stereocenters. The van der Waals surface area contributed by atoms with Crippen LogP contribution in [-0.2, 0) is 0 Å². The molecule has 1 saturated heterocycles. The molecule has 2 nitrogen and oxygen atoms in total. The Hall–Kier alpha value is -1.09. The predicted octanol–water partition coefficient (Wildman–Crippen LogP) is 3.75. The third kappa shape index (κ3) is 3.08. The Kier molecular flexibility index (Phi) is 3.86. The minimum absolute atomic E-state index is 0.229. The summed E-state index contributed by atoms with van der Waals surface area (Å²) in [6, 6.07) is 5.06. The number of nitrogens with zero attached hydrogens (tertiary/aromatic N) is 1. The van der Waals surface area contributed by atoms with Crippen LogP contribution in [0, 0.1) is 17.2 Å². The first-order valence-electron chi connectivity index (χ1n) is 7.01. The van der Waals surface area contributed by atoms with E-state index in [2.05, 4.69) is 25.7 Å². The molecule has 1 heterocycles. The number of aliphatic hydroxyl groups excluding tert-OH is 1. The van der Waals surface area contributed by atoms with Crippen molar-refractivity contribution in [3.63, 3.8) is 0 Å². The molecule has 1 fully saturated rings. The van der Waals surface area contributed by atoms with Crippen molar-refractivity contribution in [2.45, 2.75) is 40.2 Å². The topological polar surface area (TPSA) is 23.5 Å². The Morgan fingerprint density at radius 2 is 2.05 bits per heavy atom. The first-order chi connectivity index (χ1) is 8.79. The second-order valence-corrected chi connectivity index (χ2v) is 6.68. The highest BCUT2D eigenvalue weighted by atomic mass is 19.1. The van der Waals surface area contributed by atoms with Gasteiger partial charge in [-0.15, -0.1) is 0 Å². The van der Waals surface area contributed by atoms with Gasteiger partial charge in [0.15, 0.2) is 0 Å². The van der Waals surface area contributed by atoms with Crippen LogP contribution in [0.2, 0.25) is 0 Å². The van der Waals surface area contributed by atoms with E-state index in [1.807, 2.05) is 6.07 Å². The minimum Gasteiger partial charge on any atom is -0.389 e. The van der Waals surface area contributed by atoms with Gasteiger partial charge in [0.1, 0.15) is 5.82 Å². The van der Waals surface area contributed by atoms with Crippen molar-refractivity contribution < 1.29 is 9.50 Å². The van der Waals surface area contributed by atoms with Crippen LogP contribution in [0.15, 0.2) is 18.2 Å². The second-order valence-electron chi connectivity index (χ2n) is 6.68. The van der Waals surface area contributed by atoms with E-state index in [-0.39, 0.29) is 11.2 Å². The molecule has 106 valence electrons. The number of anilines is 1. The van der Waals surface area contributed by atoms with E-state index in [4.69, 9.17) is 0 Å². The average Bonchev–Trinajstić information content (AvgIpc) is 2.77. The molecule has 2 atom stereocenters. The maximum Gasteiger partial charge on any atom is 0.146 e. The van der Waals surface area contributed by atoms with Gasteiger partial charge in [0.05, 0.1) is 11.8 Å². The maximum absolute atomic E-state index is 14.1. The van der Waals surface area contributed by atoms with Crippen LogP contribution in [0.5, 0.6) is 0 Å². The number of benzene rings is 1. The fourth-order valence-corrected chi connectivity index (χ4v) is 2.73. The number of aliphatic hydroxyl groups is 1. The molecule has 2 rings (SSSR count). The van der Waals surface area contributed by atoms with E-state index in [0.29, 0.717) is 17.2 Å². The lowest BCUT2D eigenvalue weighted by Crippen LogP contribution is -2.26. The SMILES string of the molecule is C[C@@H](O)c1ccc(N2CCC(C(C)(C)C)C2)c(F)c1. The van der Waals surface area contributed by atoms with Crippen molar-refractivity contribution in [3.05, 3.63) is 29.6 Å². The fraction of sp³-hybridized carbons (Fsp3) is 0.625. The highest BCUT2D eigenvalue weighted by molar-refractivity contribution is 5.50. The van der Waals surface area contributed by atoms with E-state index >= 15 is 0 Å². The molecule has 0 saturated carbocycles. The summed E-state index contributed by atoms with van der Waals surface area (Å²) in [7, 11) is 0. The zero-order chi connectivity index (χ0) is 14.2. The number of hydrogen-bond donors (Lipinski definition) is 1. The zero-order valence-electron chi connectivity index (χ0n) is 12.3. The highest BCUT2D eigenvalue weighted by Gasteiger charge is 2.32. The maximum atomic E-state index is 14.1. The molecule has 1 aliphatic heterocycles. The van der Waals surface area contributed by atoms with Gasteiger partial charge >= 0.3 is 0 Å². The summed E-state index contributed by atoms with van der Waals surface area (Å²) >= 11 is 0. The van der Waals surface area contributed by atoms with Crippen molar-refractivity contribution in [2.75, 3.05) is 18.0 Å². The van der Waals surface area contributed by atoms with Gasteiger partial charge in [-0.3, -0.25) is 0 Å². The molecule has 1 aromatic carbocycles. The third-order valence-corrected chi connectivity index (χ3v) is 4.21. The Bertz CT molecular complexity index is 451. The Morgan fingerprint density at radius 3 is 2.53 bits per heavy atom. The summed E-state index contributed by atoms with van der Waals surface area (Å²) in [5.41, 5.74) is 1.56. The molecule has 0 aromatic heterocycles. The number of rotatable bonds is 2. The summed E-state index contributed by atoms with van der Waals surface area (Å²) in [6.45, 7) is 10.2. The van der Waals surface area contributed by atoms with Crippen LogP contribution in [0.1, 0.15) is 45.8 Å². The molecule has 0 amide bonds. The van der Waals surface area contributed by atoms with Crippen LogP contribution < -0.4 is 4.90 Å². The van der Waals surface area contributed by atoms with Crippen molar-refractivity contribution in [1.82, 2.24) is 0 Å². The van der Waals surface area contributed by atoms with E-state index in [1.165, 1.54) is 6.07 Å². The fourth-order valence-electron chi connectivity index (χ4n) is 2.73. The number of halogens is 1. The summed E-state index contributed by atoms with van der Waals surface area (Å²) in [4.78, 5) is 2.12. The van der Waals surface area contributed by atoms with Gasteiger partial charge in [-0.25, -0.2) is 4.39 Å². The van der Waals surface area contributed by atoms with Gasteiger partial charge in [-0.1, -0.05) is 26.8 Å². The summed E-state index contributed by atoms with van der Waals surface area (Å²) in [5.74, 6) is 0.372. The Balaban J connectivity index is 2.16. The lowest BCUT2D eigenvalue weighted by Gasteiger charge is -2.27. The van der Waals surface area contributed by atoms with Crippen LogP contribution in [0.25, 0.3) is 0 Å². The largest absolute Gasteiger partial charge is 0.389 e.